The highest BCUT2D eigenvalue weighted by atomic mass is 79.9. The van der Waals surface area contributed by atoms with E-state index in [0.717, 1.165) is 28.0 Å². The second-order valence-corrected chi connectivity index (χ2v) is 7.02. The average Bonchev–Trinajstić information content (AvgIpc) is 2.84. The smallest absolute Gasteiger partial charge is 0.264 e. The van der Waals surface area contributed by atoms with Gasteiger partial charge in [0.15, 0.2) is 0 Å². The minimum Gasteiger partial charge on any atom is -0.335 e. The molecule has 0 aromatic carbocycles. The molecule has 0 spiro atoms. The van der Waals surface area contributed by atoms with Crippen molar-refractivity contribution in [3.8, 4) is 0 Å². The molecule has 0 radical (unpaired) electrons. The fourth-order valence-corrected chi connectivity index (χ4v) is 3.65. The number of hydrogen-bond donors (Lipinski definition) is 0. The number of thiophene rings is 1. The lowest BCUT2D eigenvalue weighted by molar-refractivity contribution is 0.0706. The summed E-state index contributed by atoms with van der Waals surface area (Å²) in [6.45, 7) is 5.30. The third kappa shape index (κ3) is 2.33. The molecule has 1 aromatic heterocycles. The van der Waals surface area contributed by atoms with Crippen LogP contribution in [0.1, 0.15) is 36.4 Å². The number of nitrogens with zero attached hydrogens (tertiary/aromatic N) is 1. The van der Waals surface area contributed by atoms with E-state index in [0.29, 0.717) is 12.0 Å². The maximum Gasteiger partial charge on any atom is 0.264 e. The van der Waals surface area contributed by atoms with Gasteiger partial charge in [-0.05, 0) is 46.8 Å². The van der Waals surface area contributed by atoms with Gasteiger partial charge in [0, 0.05) is 12.6 Å². The third-order valence-corrected chi connectivity index (χ3v) is 4.73. The molecule has 1 aliphatic rings. The Bertz CT molecular complexity index is 388. The Kier molecular flexibility index (Phi) is 3.70. The van der Waals surface area contributed by atoms with Crippen LogP contribution < -0.4 is 0 Å². The monoisotopic (exact) mass is 301 g/mol. The van der Waals surface area contributed by atoms with Gasteiger partial charge in [0.05, 0.1) is 8.66 Å². The highest BCUT2D eigenvalue weighted by Gasteiger charge is 2.31. The lowest BCUT2D eigenvalue weighted by atomic mass is 10.0. The van der Waals surface area contributed by atoms with Gasteiger partial charge >= 0.3 is 0 Å². The summed E-state index contributed by atoms with van der Waals surface area (Å²) < 4.78 is 1.02. The molecule has 4 heteroatoms. The molecular formula is C12H16BrNOS. The van der Waals surface area contributed by atoms with Crippen LogP contribution in [0, 0.1) is 5.92 Å². The Balaban J connectivity index is 2.15. The molecule has 2 nitrogen and oxygen atoms in total. The first kappa shape index (κ1) is 12.1. The van der Waals surface area contributed by atoms with Crippen molar-refractivity contribution in [2.75, 3.05) is 6.54 Å². The molecule has 1 fully saturated rings. The van der Waals surface area contributed by atoms with E-state index in [-0.39, 0.29) is 5.91 Å². The lowest BCUT2D eigenvalue weighted by Crippen LogP contribution is -2.38. The number of carbonyl (C=O) groups excluding carboxylic acids is 1. The minimum atomic E-state index is 0.201. The van der Waals surface area contributed by atoms with Crippen molar-refractivity contribution >= 4 is 33.2 Å². The first-order chi connectivity index (χ1) is 7.59. The molecule has 1 saturated heterocycles. The van der Waals surface area contributed by atoms with Crippen molar-refractivity contribution in [1.82, 2.24) is 4.90 Å². The lowest BCUT2D eigenvalue weighted by Gasteiger charge is -2.27. The zero-order valence-electron chi connectivity index (χ0n) is 9.57. The Morgan fingerprint density at radius 1 is 1.56 bits per heavy atom. The largest absolute Gasteiger partial charge is 0.335 e. The van der Waals surface area contributed by atoms with Gasteiger partial charge in [-0.3, -0.25) is 4.79 Å². The van der Waals surface area contributed by atoms with E-state index in [2.05, 4.69) is 29.8 Å². The van der Waals surface area contributed by atoms with Crippen LogP contribution in [-0.4, -0.2) is 23.4 Å². The fraction of sp³-hybridized carbons (Fsp3) is 0.583. The molecule has 1 amide bonds. The number of halogens is 1. The van der Waals surface area contributed by atoms with Crippen molar-refractivity contribution in [3.63, 3.8) is 0 Å². The molecule has 1 atom stereocenters. The summed E-state index contributed by atoms with van der Waals surface area (Å²) in [6.07, 6.45) is 2.29. The molecule has 2 heterocycles. The van der Waals surface area contributed by atoms with E-state index in [1.807, 2.05) is 17.0 Å². The molecule has 0 saturated carbocycles. The summed E-state index contributed by atoms with van der Waals surface area (Å²) in [4.78, 5) is 15.2. The predicted octanol–water partition coefficient (Wildman–Crippen LogP) is 3.77. The molecule has 16 heavy (non-hydrogen) atoms. The normalized spacial score (nSPS) is 20.8. The summed E-state index contributed by atoms with van der Waals surface area (Å²) in [7, 11) is 0. The van der Waals surface area contributed by atoms with Crippen molar-refractivity contribution in [3.05, 3.63) is 20.8 Å². The van der Waals surface area contributed by atoms with E-state index in [1.165, 1.54) is 11.3 Å². The Morgan fingerprint density at radius 3 is 2.88 bits per heavy atom. The molecule has 2 rings (SSSR count). The van der Waals surface area contributed by atoms with Crippen molar-refractivity contribution < 1.29 is 4.79 Å². The molecule has 88 valence electrons. The quantitative estimate of drug-likeness (QED) is 0.814. The Morgan fingerprint density at radius 2 is 2.31 bits per heavy atom. The van der Waals surface area contributed by atoms with Gasteiger partial charge in [-0.1, -0.05) is 13.8 Å². The number of amides is 1. The average molecular weight is 302 g/mol. The molecule has 0 bridgehead atoms. The Hall–Kier alpha value is -0.350. The standard InChI is InChI=1S/C12H16BrNOS/c1-8(2)9-4-3-7-14(9)12(15)10-5-6-11(13)16-10/h5-6,8-9H,3-4,7H2,1-2H3. The topological polar surface area (TPSA) is 20.3 Å². The van der Waals surface area contributed by atoms with Crippen molar-refractivity contribution in [2.45, 2.75) is 32.7 Å². The second-order valence-electron chi connectivity index (χ2n) is 4.56. The van der Waals surface area contributed by atoms with Crippen LogP contribution in [-0.2, 0) is 0 Å². The molecule has 1 aliphatic heterocycles. The first-order valence-electron chi connectivity index (χ1n) is 5.66. The van der Waals surface area contributed by atoms with E-state index >= 15 is 0 Å². The predicted molar refractivity (Wildman–Crippen MR) is 70.9 cm³/mol. The van der Waals surface area contributed by atoms with Crippen molar-refractivity contribution in [2.24, 2.45) is 5.92 Å². The van der Waals surface area contributed by atoms with E-state index in [4.69, 9.17) is 0 Å². The summed E-state index contributed by atoms with van der Waals surface area (Å²) >= 11 is 4.92. The van der Waals surface area contributed by atoms with Gasteiger partial charge in [0.2, 0.25) is 0 Å². The molecule has 1 aromatic rings. The van der Waals surface area contributed by atoms with Gasteiger partial charge in [-0.2, -0.15) is 0 Å². The van der Waals surface area contributed by atoms with Gasteiger partial charge in [-0.25, -0.2) is 0 Å². The van der Waals surface area contributed by atoms with Gasteiger partial charge in [0.25, 0.3) is 5.91 Å². The first-order valence-corrected chi connectivity index (χ1v) is 7.27. The summed E-state index contributed by atoms with van der Waals surface area (Å²) in [6, 6.07) is 4.28. The van der Waals surface area contributed by atoms with E-state index < -0.39 is 0 Å². The van der Waals surface area contributed by atoms with Gasteiger partial charge in [-0.15, -0.1) is 11.3 Å². The zero-order chi connectivity index (χ0) is 11.7. The van der Waals surface area contributed by atoms with Gasteiger partial charge in [0.1, 0.15) is 0 Å². The molecule has 0 aliphatic carbocycles. The van der Waals surface area contributed by atoms with Crippen LogP contribution >= 0.6 is 27.3 Å². The van der Waals surface area contributed by atoms with Crippen LogP contribution in [0.3, 0.4) is 0 Å². The maximum absolute atomic E-state index is 12.3. The molecular weight excluding hydrogens is 286 g/mol. The summed E-state index contributed by atoms with van der Waals surface area (Å²) in [5, 5.41) is 0. The van der Waals surface area contributed by atoms with Crippen LogP contribution in [0.5, 0.6) is 0 Å². The second kappa shape index (κ2) is 4.88. The highest BCUT2D eigenvalue weighted by Crippen LogP contribution is 2.29. The number of rotatable bonds is 2. The highest BCUT2D eigenvalue weighted by molar-refractivity contribution is 9.11. The number of carbonyl (C=O) groups is 1. The van der Waals surface area contributed by atoms with E-state index in [9.17, 15) is 4.79 Å². The van der Waals surface area contributed by atoms with Gasteiger partial charge < -0.3 is 4.90 Å². The third-order valence-electron chi connectivity index (χ3n) is 3.11. The van der Waals surface area contributed by atoms with Crippen LogP contribution in [0.2, 0.25) is 0 Å². The van der Waals surface area contributed by atoms with Crippen LogP contribution in [0.25, 0.3) is 0 Å². The molecule has 1 unspecified atom stereocenters. The summed E-state index contributed by atoms with van der Waals surface area (Å²) in [5.41, 5.74) is 0. The minimum absolute atomic E-state index is 0.201. The SMILES string of the molecule is CC(C)C1CCCN1C(=O)c1ccc(Br)s1. The maximum atomic E-state index is 12.3. The molecule has 0 N–H and O–H groups in total. The van der Waals surface area contributed by atoms with E-state index in [1.54, 1.807) is 0 Å². The Labute approximate surface area is 109 Å². The summed E-state index contributed by atoms with van der Waals surface area (Å²) in [5.74, 6) is 0.752. The van der Waals surface area contributed by atoms with Crippen molar-refractivity contribution in [1.29, 1.82) is 0 Å². The number of hydrogen-bond acceptors (Lipinski definition) is 2. The van der Waals surface area contributed by atoms with Crippen LogP contribution in [0.15, 0.2) is 15.9 Å². The zero-order valence-corrected chi connectivity index (χ0v) is 12.0. The fourth-order valence-electron chi connectivity index (χ4n) is 2.31. The number of likely N-dealkylation sites (tertiary alicyclic amines) is 1. The van der Waals surface area contributed by atoms with Crippen LogP contribution in [0.4, 0.5) is 0 Å².